The van der Waals surface area contributed by atoms with Crippen molar-refractivity contribution < 1.29 is 14.7 Å². The highest BCUT2D eigenvalue weighted by atomic mass is 16.4. The van der Waals surface area contributed by atoms with Gasteiger partial charge in [-0.25, -0.2) is 0 Å². The topological polar surface area (TPSA) is 69.6 Å². The Bertz CT molecular complexity index is 243. The molecule has 1 atom stereocenters. The first kappa shape index (κ1) is 12.0. The van der Waals surface area contributed by atoms with Gasteiger partial charge in [0, 0.05) is 12.6 Å². The van der Waals surface area contributed by atoms with E-state index in [-0.39, 0.29) is 0 Å². The molecular formula is C10H18N2O3. The van der Waals surface area contributed by atoms with Crippen LogP contribution < -0.4 is 5.32 Å². The predicted molar refractivity (Wildman–Crippen MR) is 55.5 cm³/mol. The number of hydrogen-bond acceptors (Lipinski definition) is 3. The quantitative estimate of drug-likeness (QED) is 0.635. The SMILES string of the molecule is CN1CCCC1CCNC(=O)CC(=O)O. The molecule has 1 aliphatic rings. The van der Waals surface area contributed by atoms with E-state index in [1.54, 1.807) is 0 Å². The van der Waals surface area contributed by atoms with Gasteiger partial charge in [-0.2, -0.15) is 0 Å². The Morgan fingerprint density at radius 2 is 2.27 bits per heavy atom. The Labute approximate surface area is 89.4 Å². The molecule has 0 aromatic heterocycles. The van der Waals surface area contributed by atoms with Gasteiger partial charge >= 0.3 is 5.97 Å². The van der Waals surface area contributed by atoms with Crippen LogP contribution >= 0.6 is 0 Å². The number of nitrogens with one attached hydrogen (secondary N) is 1. The average Bonchev–Trinajstić information content (AvgIpc) is 2.50. The van der Waals surface area contributed by atoms with Gasteiger partial charge in [-0.3, -0.25) is 9.59 Å². The van der Waals surface area contributed by atoms with E-state index < -0.39 is 18.3 Å². The lowest BCUT2D eigenvalue weighted by atomic mass is 10.1. The third-order valence-electron chi connectivity index (χ3n) is 2.78. The van der Waals surface area contributed by atoms with Gasteiger partial charge in [0.1, 0.15) is 6.42 Å². The van der Waals surface area contributed by atoms with Crippen molar-refractivity contribution in [2.24, 2.45) is 0 Å². The lowest BCUT2D eigenvalue weighted by Gasteiger charge is -2.19. The van der Waals surface area contributed by atoms with Gasteiger partial charge in [-0.15, -0.1) is 0 Å². The molecule has 0 spiro atoms. The van der Waals surface area contributed by atoms with Crippen LogP contribution in [0.4, 0.5) is 0 Å². The van der Waals surface area contributed by atoms with Gasteiger partial charge in [0.2, 0.25) is 5.91 Å². The van der Waals surface area contributed by atoms with E-state index in [4.69, 9.17) is 5.11 Å². The van der Waals surface area contributed by atoms with Crippen molar-refractivity contribution in [3.63, 3.8) is 0 Å². The van der Waals surface area contributed by atoms with Crippen LogP contribution in [0.1, 0.15) is 25.7 Å². The normalized spacial score (nSPS) is 21.5. The minimum Gasteiger partial charge on any atom is -0.481 e. The van der Waals surface area contributed by atoms with E-state index in [2.05, 4.69) is 17.3 Å². The largest absolute Gasteiger partial charge is 0.481 e. The molecule has 0 saturated carbocycles. The van der Waals surface area contributed by atoms with Gasteiger partial charge in [-0.1, -0.05) is 0 Å². The molecule has 0 aliphatic carbocycles. The Kier molecular flexibility index (Phi) is 4.55. The molecular weight excluding hydrogens is 196 g/mol. The molecule has 1 aliphatic heterocycles. The molecule has 0 radical (unpaired) electrons. The summed E-state index contributed by atoms with van der Waals surface area (Å²) in [4.78, 5) is 23.5. The van der Waals surface area contributed by atoms with E-state index in [1.165, 1.54) is 12.8 Å². The second-order valence-electron chi connectivity index (χ2n) is 3.99. The number of carbonyl (C=O) groups excluding carboxylic acids is 1. The summed E-state index contributed by atoms with van der Waals surface area (Å²) in [5.74, 6) is -1.48. The highest BCUT2D eigenvalue weighted by molar-refractivity contribution is 5.93. The number of hydrogen-bond donors (Lipinski definition) is 2. The van der Waals surface area contributed by atoms with Gasteiger partial charge in [0.05, 0.1) is 0 Å². The van der Waals surface area contributed by atoms with Crippen molar-refractivity contribution >= 4 is 11.9 Å². The summed E-state index contributed by atoms with van der Waals surface area (Å²) in [5.41, 5.74) is 0. The number of nitrogens with zero attached hydrogens (tertiary/aromatic N) is 1. The first-order valence-corrected chi connectivity index (χ1v) is 5.28. The monoisotopic (exact) mass is 214 g/mol. The predicted octanol–water partition coefficient (Wildman–Crippen LogP) is 0.0616. The Morgan fingerprint density at radius 1 is 1.53 bits per heavy atom. The standard InChI is InChI=1S/C10H18N2O3/c1-12-6-2-3-8(12)4-5-11-9(13)7-10(14)15/h8H,2-7H2,1H3,(H,11,13)(H,14,15). The number of carboxylic acids is 1. The average molecular weight is 214 g/mol. The minimum atomic E-state index is -1.08. The summed E-state index contributed by atoms with van der Waals surface area (Å²) in [6.07, 6.45) is 2.86. The van der Waals surface area contributed by atoms with Crippen LogP contribution in [0.25, 0.3) is 0 Å². The highest BCUT2D eigenvalue weighted by Gasteiger charge is 2.20. The van der Waals surface area contributed by atoms with Crippen molar-refractivity contribution in [1.82, 2.24) is 10.2 Å². The number of rotatable bonds is 5. The Balaban J connectivity index is 2.10. The van der Waals surface area contributed by atoms with Gasteiger partial charge in [0.15, 0.2) is 0 Å². The number of amides is 1. The summed E-state index contributed by atoms with van der Waals surface area (Å²) >= 11 is 0. The lowest BCUT2D eigenvalue weighted by molar-refractivity contribution is -0.140. The van der Waals surface area contributed by atoms with Crippen LogP contribution in [0.5, 0.6) is 0 Å². The third-order valence-corrected chi connectivity index (χ3v) is 2.78. The number of likely N-dealkylation sites (tertiary alicyclic amines) is 1. The fourth-order valence-corrected chi connectivity index (χ4v) is 1.92. The molecule has 0 aromatic carbocycles. The zero-order valence-corrected chi connectivity index (χ0v) is 9.03. The van der Waals surface area contributed by atoms with Crippen LogP contribution in [-0.2, 0) is 9.59 Å². The van der Waals surface area contributed by atoms with Crippen molar-refractivity contribution in [2.75, 3.05) is 20.1 Å². The molecule has 1 heterocycles. The van der Waals surface area contributed by atoms with Crippen LogP contribution in [0.3, 0.4) is 0 Å². The van der Waals surface area contributed by atoms with Crippen LogP contribution in [-0.4, -0.2) is 48.1 Å². The maximum absolute atomic E-state index is 11.0. The van der Waals surface area contributed by atoms with E-state index >= 15 is 0 Å². The number of aliphatic carboxylic acids is 1. The summed E-state index contributed by atoms with van der Waals surface area (Å²) in [6, 6.07) is 0.537. The fraction of sp³-hybridized carbons (Fsp3) is 0.800. The smallest absolute Gasteiger partial charge is 0.312 e. The zero-order valence-electron chi connectivity index (χ0n) is 9.03. The maximum Gasteiger partial charge on any atom is 0.312 e. The molecule has 0 aromatic rings. The summed E-state index contributed by atoms with van der Waals surface area (Å²) in [7, 11) is 2.08. The van der Waals surface area contributed by atoms with Gasteiger partial charge in [-0.05, 0) is 32.9 Å². The maximum atomic E-state index is 11.0. The second-order valence-corrected chi connectivity index (χ2v) is 3.99. The molecule has 15 heavy (non-hydrogen) atoms. The van der Waals surface area contributed by atoms with Crippen LogP contribution in [0, 0.1) is 0 Å². The summed E-state index contributed by atoms with van der Waals surface area (Å²) in [5, 5.41) is 11.0. The molecule has 1 fully saturated rings. The van der Waals surface area contributed by atoms with Crippen molar-refractivity contribution in [3.05, 3.63) is 0 Å². The fourth-order valence-electron chi connectivity index (χ4n) is 1.92. The van der Waals surface area contributed by atoms with Crippen LogP contribution in [0.15, 0.2) is 0 Å². The lowest BCUT2D eigenvalue weighted by Crippen LogP contribution is -2.32. The Morgan fingerprint density at radius 3 is 2.80 bits per heavy atom. The minimum absolute atomic E-state index is 0.400. The summed E-state index contributed by atoms with van der Waals surface area (Å²) in [6.45, 7) is 1.69. The molecule has 2 N–H and O–H groups in total. The molecule has 0 bridgehead atoms. The number of carboxylic acid groups (broad SMARTS) is 1. The summed E-state index contributed by atoms with van der Waals surface area (Å²) < 4.78 is 0. The van der Waals surface area contributed by atoms with E-state index in [0.29, 0.717) is 12.6 Å². The van der Waals surface area contributed by atoms with Crippen molar-refractivity contribution in [2.45, 2.75) is 31.7 Å². The van der Waals surface area contributed by atoms with E-state index in [0.717, 1.165) is 13.0 Å². The van der Waals surface area contributed by atoms with Crippen LogP contribution in [0.2, 0.25) is 0 Å². The Hall–Kier alpha value is -1.10. The van der Waals surface area contributed by atoms with Gasteiger partial charge in [0.25, 0.3) is 0 Å². The molecule has 1 unspecified atom stereocenters. The van der Waals surface area contributed by atoms with E-state index in [9.17, 15) is 9.59 Å². The zero-order chi connectivity index (χ0) is 11.3. The second kappa shape index (κ2) is 5.70. The third kappa shape index (κ3) is 4.29. The molecule has 1 amide bonds. The van der Waals surface area contributed by atoms with Crippen molar-refractivity contribution in [1.29, 1.82) is 0 Å². The van der Waals surface area contributed by atoms with Gasteiger partial charge < -0.3 is 15.3 Å². The number of carbonyl (C=O) groups is 2. The molecule has 86 valence electrons. The first-order valence-electron chi connectivity index (χ1n) is 5.28. The highest BCUT2D eigenvalue weighted by Crippen LogP contribution is 2.16. The first-order chi connectivity index (χ1) is 7.09. The molecule has 5 nitrogen and oxygen atoms in total. The van der Waals surface area contributed by atoms with Crippen molar-refractivity contribution in [3.8, 4) is 0 Å². The molecule has 5 heteroatoms. The van der Waals surface area contributed by atoms with E-state index in [1.807, 2.05) is 0 Å². The molecule has 1 saturated heterocycles. The molecule has 1 rings (SSSR count).